The molecular weight excluding hydrogens is 442 g/mol. The summed E-state index contributed by atoms with van der Waals surface area (Å²) >= 11 is 0. The maximum atomic E-state index is 12.8. The summed E-state index contributed by atoms with van der Waals surface area (Å²) in [5.74, 6) is 0.746. The Morgan fingerprint density at radius 1 is 1.00 bits per heavy atom. The van der Waals surface area contributed by atoms with Crippen molar-refractivity contribution in [2.45, 2.75) is 6.42 Å². The Labute approximate surface area is 202 Å². The Hall–Kier alpha value is -4.64. The van der Waals surface area contributed by atoms with E-state index in [1.807, 2.05) is 41.3 Å². The van der Waals surface area contributed by atoms with Crippen LogP contribution < -0.4 is 10.2 Å². The maximum absolute atomic E-state index is 12.8. The molecule has 35 heavy (non-hydrogen) atoms. The first-order chi connectivity index (χ1) is 17.1. The number of hydrogen-bond donors (Lipinski definition) is 1. The largest absolute Gasteiger partial charge is 0.451 e. The van der Waals surface area contributed by atoms with Gasteiger partial charge in [-0.05, 0) is 42.0 Å². The average molecular weight is 466 g/mol. The summed E-state index contributed by atoms with van der Waals surface area (Å²) in [6.45, 7) is 2.53. The number of hydrogen-bond acceptors (Lipinski definition) is 6. The zero-order chi connectivity index (χ0) is 24.2. The summed E-state index contributed by atoms with van der Waals surface area (Å²) in [5.41, 5.74) is 2.75. The van der Waals surface area contributed by atoms with E-state index in [-0.39, 0.29) is 17.6 Å². The Bertz CT molecular complexity index is 1380. The van der Waals surface area contributed by atoms with Gasteiger partial charge in [0, 0.05) is 43.4 Å². The number of nitriles is 1. The molecule has 0 radical (unpaired) electrons. The molecule has 0 atom stereocenters. The number of carbonyl (C=O) groups is 2. The molecule has 0 spiro atoms. The number of furan rings is 1. The highest BCUT2D eigenvalue weighted by Crippen LogP contribution is 2.21. The summed E-state index contributed by atoms with van der Waals surface area (Å²) in [4.78, 5) is 33.6. The normalized spacial score (nSPS) is 13.5. The molecule has 1 saturated heterocycles. The van der Waals surface area contributed by atoms with Crippen LogP contribution >= 0.6 is 0 Å². The Morgan fingerprint density at radius 3 is 2.51 bits per heavy atom. The molecule has 1 fully saturated rings. The smallest absolute Gasteiger partial charge is 0.291 e. The van der Waals surface area contributed by atoms with Crippen molar-refractivity contribution in [2.75, 3.05) is 36.4 Å². The minimum absolute atomic E-state index is 0.0578. The molecule has 174 valence electrons. The van der Waals surface area contributed by atoms with Crippen LogP contribution in [0.4, 0.5) is 11.5 Å². The van der Waals surface area contributed by atoms with Crippen molar-refractivity contribution in [1.82, 2.24) is 9.88 Å². The van der Waals surface area contributed by atoms with Crippen LogP contribution in [0.1, 0.15) is 21.7 Å². The van der Waals surface area contributed by atoms with Crippen LogP contribution in [0.3, 0.4) is 0 Å². The molecule has 2 amide bonds. The first-order valence-electron chi connectivity index (χ1n) is 11.4. The molecule has 4 aromatic rings. The van der Waals surface area contributed by atoms with E-state index >= 15 is 0 Å². The minimum atomic E-state index is -0.322. The van der Waals surface area contributed by atoms with Crippen molar-refractivity contribution >= 4 is 34.3 Å². The lowest BCUT2D eigenvalue weighted by Crippen LogP contribution is -2.49. The van der Waals surface area contributed by atoms with Crippen molar-refractivity contribution in [2.24, 2.45) is 0 Å². The molecule has 2 aromatic heterocycles. The predicted molar refractivity (Wildman–Crippen MR) is 132 cm³/mol. The van der Waals surface area contributed by atoms with Gasteiger partial charge >= 0.3 is 0 Å². The molecule has 2 aromatic carbocycles. The number of fused-ring (bicyclic) bond motifs is 1. The van der Waals surface area contributed by atoms with Crippen LogP contribution in [-0.4, -0.2) is 47.9 Å². The Balaban J connectivity index is 1.14. The monoisotopic (exact) mass is 465 g/mol. The summed E-state index contributed by atoms with van der Waals surface area (Å²) in [6.07, 6.45) is 1.92. The van der Waals surface area contributed by atoms with Crippen molar-refractivity contribution in [1.29, 1.82) is 5.26 Å². The van der Waals surface area contributed by atoms with Gasteiger partial charge in [-0.1, -0.05) is 30.3 Å². The van der Waals surface area contributed by atoms with Gasteiger partial charge < -0.3 is 19.5 Å². The molecule has 1 N–H and O–H groups in total. The molecular formula is C27H23N5O3. The second-order valence-corrected chi connectivity index (χ2v) is 8.36. The highest BCUT2D eigenvalue weighted by molar-refractivity contribution is 6.04. The summed E-state index contributed by atoms with van der Waals surface area (Å²) < 4.78 is 5.61. The van der Waals surface area contributed by atoms with E-state index < -0.39 is 0 Å². The number of amides is 2. The molecule has 8 heteroatoms. The fraction of sp³-hybridized carbons (Fsp3) is 0.185. The lowest BCUT2D eigenvalue weighted by atomic mass is 10.1. The van der Waals surface area contributed by atoms with E-state index in [9.17, 15) is 9.59 Å². The van der Waals surface area contributed by atoms with Crippen molar-refractivity contribution in [3.8, 4) is 6.07 Å². The SMILES string of the molecule is N#Cc1ccnc(N2CCN(C(=O)Cc3ccc(NC(=O)c4cc5ccccc5o4)cc3)CC2)c1. The number of aromatic nitrogens is 1. The van der Waals surface area contributed by atoms with Crippen molar-refractivity contribution < 1.29 is 14.0 Å². The molecule has 0 bridgehead atoms. The topological polar surface area (TPSA) is 102 Å². The van der Waals surface area contributed by atoms with Gasteiger partial charge in [0.05, 0.1) is 18.1 Å². The third-order valence-electron chi connectivity index (χ3n) is 6.05. The fourth-order valence-corrected chi connectivity index (χ4v) is 4.12. The standard InChI is InChI=1S/C27H23N5O3/c28-18-20-9-10-29-25(15-20)31-11-13-32(14-12-31)26(33)16-19-5-7-22(8-6-19)30-27(34)24-17-21-3-1-2-4-23(21)35-24/h1-10,15,17H,11-14,16H2,(H,30,34). The zero-order valence-electron chi connectivity index (χ0n) is 19.0. The maximum Gasteiger partial charge on any atom is 0.291 e. The fourth-order valence-electron chi connectivity index (χ4n) is 4.12. The summed E-state index contributed by atoms with van der Waals surface area (Å²) in [6, 6.07) is 22.0. The molecule has 8 nitrogen and oxygen atoms in total. The van der Waals surface area contributed by atoms with E-state index in [0.29, 0.717) is 49.4 Å². The Kier molecular flexibility index (Phi) is 6.14. The number of anilines is 2. The molecule has 3 heterocycles. The molecule has 1 aliphatic rings. The van der Waals surface area contributed by atoms with E-state index in [0.717, 1.165) is 16.8 Å². The molecule has 0 unspecified atom stereocenters. The minimum Gasteiger partial charge on any atom is -0.451 e. The van der Waals surface area contributed by atoms with Gasteiger partial charge in [0.25, 0.3) is 5.91 Å². The van der Waals surface area contributed by atoms with E-state index in [1.54, 1.807) is 36.5 Å². The third-order valence-corrected chi connectivity index (χ3v) is 6.05. The number of nitrogens with one attached hydrogen (secondary N) is 1. The summed E-state index contributed by atoms with van der Waals surface area (Å²) in [5, 5.41) is 12.8. The number of pyridine rings is 1. The van der Waals surface area contributed by atoms with Crippen LogP contribution in [0.5, 0.6) is 0 Å². The second-order valence-electron chi connectivity index (χ2n) is 8.36. The van der Waals surface area contributed by atoms with E-state index in [2.05, 4.69) is 21.3 Å². The van der Waals surface area contributed by atoms with Crippen LogP contribution in [0.2, 0.25) is 0 Å². The zero-order valence-corrected chi connectivity index (χ0v) is 19.0. The van der Waals surface area contributed by atoms with E-state index in [4.69, 9.17) is 9.68 Å². The number of carbonyl (C=O) groups excluding carboxylic acids is 2. The summed E-state index contributed by atoms with van der Waals surface area (Å²) in [7, 11) is 0. The number of rotatable bonds is 5. The van der Waals surface area contributed by atoms with Gasteiger partial charge in [0.15, 0.2) is 5.76 Å². The van der Waals surface area contributed by atoms with Crippen LogP contribution in [0, 0.1) is 11.3 Å². The molecule has 0 saturated carbocycles. The number of nitrogens with zero attached hydrogens (tertiary/aromatic N) is 4. The van der Waals surface area contributed by atoms with Crippen LogP contribution in [0.15, 0.2) is 77.3 Å². The molecule has 5 rings (SSSR count). The number of benzene rings is 2. The van der Waals surface area contributed by atoms with Gasteiger partial charge in [0.1, 0.15) is 11.4 Å². The third kappa shape index (κ3) is 4.99. The van der Waals surface area contributed by atoms with Crippen LogP contribution in [-0.2, 0) is 11.2 Å². The van der Waals surface area contributed by atoms with Crippen molar-refractivity contribution in [3.63, 3.8) is 0 Å². The van der Waals surface area contributed by atoms with Gasteiger partial charge in [-0.25, -0.2) is 4.98 Å². The highest BCUT2D eigenvalue weighted by Gasteiger charge is 2.22. The molecule has 0 aliphatic carbocycles. The van der Waals surface area contributed by atoms with Gasteiger partial charge in [-0.15, -0.1) is 0 Å². The van der Waals surface area contributed by atoms with Crippen molar-refractivity contribution in [3.05, 3.63) is 89.8 Å². The first-order valence-corrected chi connectivity index (χ1v) is 11.4. The second kappa shape index (κ2) is 9.69. The van der Waals surface area contributed by atoms with Gasteiger partial charge in [0.2, 0.25) is 5.91 Å². The lowest BCUT2D eigenvalue weighted by Gasteiger charge is -2.35. The quantitative estimate of drug-likeness (QED) is 0.480. The van der Waals surface area contributed by atoms with Crippen LogP contribution in [0.25, 0.3) is 11.0 Å². The average Bonchev–Trinajstić information content (AvgIpc) is 3.35. The van der Waals surface area contributed by atoms with Gasteiger partial charge in [-0.2, -0.15) is 5.26 Å². The number of para-hydroxylation sites is 1. The van der Waals surface area contributed by atoms with Gasteiger partial charge in [-0.3, -0.25) is 9.59 Å². The Morgan fingerprint density at radius 2 is 1.77 bits per heavy atom. The lowest BCUT2D eigenvalue weighted by molar-refractivity contribution is -0.130. The van der Waals surface area contributed by atoms with E-state index in [1.165, 1.54) is 0 Å². The first kappa shape index (κ1) is 22.2. The molecule has 1 aliphatic heterocycles. The number of piperazine rings is 1. The predicted octanol–water partition coefficient (Wildman–Crippen LogP) is 3.84. The highest BCUT2D eigenvalue weighted by atomic mass is 16.3.